The van der Waals surface area contributed by atoms with E-state index in [1.54, 1.807) is 37.3 Å². The maximum absolute atomic E-state index is 14.9. The lowest BCUT2D eigenvalue weighted by atomic mass is 9.81. The van der Waals surface area contributed by atoms with Crippen molar-refractivity contribution in [1.29, 1.82) is 5.26 Å². The van der Waals surface area contributed by atoms with E-state index in [-0.39, 0.29) is 29.1 Å². The van der Waals surface area contributed by atoms with Crippen LogP contribution in [0.2, 0.25) is 0 Å². The number of rotatable bonds is 7. The minimum absolute atomic E-state index is 0.0890. The topological polar surface area (TPSA) is 105 Å². The molecule has 3 N–H and O–H groups in total. The Hall–Kier alpha value is -3.57. The van der Waals surface area contributed by atoms with Crippen LogP contribution in [-0.4, -0.2) is 24.2 Å². The molecule has 1 amide bonds. The number of esters is 1. The van der Waals surface area contributed by atoms with Crippen LogP contribution in [0.1, 0.15) is 24.0 Å². The lowest BCUT2D eigenvalue weighted by molar-refractivity contribution is -0.138. The van der Waals surface area contributed by atoms with Gasteiger partial charge in [-0.15, -0.1) is 0 Å². The molecule has 2 aromatic carbocycles. The zero-order chi connectivity index (χ0) is 22.4. The second kappa shape index (κ2) is 9.96. The molecule has 0 radical (unpaired) electrons. The normalized spacial score (nSPS) is 15.8. The number of thioether (sulfide) groups is 1. The summed E-state index contributed by atoms with van der Waals surface area (Å²) < 4.78 is 20.1. The molecule has 2 aromatic rings. The Bertz CT molecular complexity index is 1110. The Labute approximate surface area is 183 Å². The lowest BCUT2D eigenvalue weighted by Gasteiger charge is -2.30. The number of amides is 1. The summed E-state index contributed by atoms with van der Waals surface area (Å²) in [6, 6.07) is 17.0. The number of hydrogen-bond donors (Lipinski definition) is 2. The van der Waals surface area contributed by atoms with Gasteiger partial charge in [0.15, 0.2) is 0 Å². The molecule has 31 heavy (non-hydrogen) atoms. The molecule has 0 aromatic heterocycles. The largest absolute Gasteiger partial charge is 0.463 e. The maximum Gasteiger partial charge on any atom is 0.337 e. The van der Waals surface area contributed by atoms with E-state index in [1.807, 2.05) is 6.07 Å². The third-order valence-corrected chi connectivity index (χ3v) is 5.62. The standard InChI is InChI=1S/C23H20FN3O3S/c1-2-30-23(29)20-19(15-10-6-7-11-17(15)24)16(12-25)22(31-13-18(26)28)27-21(20)14-8-4-3-5-9-14/h3-11,19,27H,2,13H2,1H3,(H2,26,28)/t19-/m1/s1. The number of allylic oxidation sites excluding steroid dienone is 1. The minimum atomic E-state index is -1.02. The fraction of sp³-hybridized carbons (Fsp3) is 0.174. The van der Waals surface area contributed by atoms with Crippen molar-refractivity contribution in [2.75, 3.05) is 12.4 Å². The molecule has 1 aliphatic rings. The summed E-state index contributed by atoms with van der Waals surface area (Å²) >= 11 is 1.03. The smallest absolute Gasteiger partial charge is 0.337 e. The molecule has 0 fully saturated rings. The van der Waals surface area contributed by atoms with Crippen LogP contribution in [0.25, 0.3) is 5.70 Å². The highest BCUT2D eigenvalue weighted by atomic mass is 32.2. The molecule has 0 saturated heterocycles. The molecule has 0 saturated carbocycles. The fourth-order valence-electron chi connectivity index (χ4n) is 3.32. The highest BCUT2D eigenvalue weighted by Crippen LogP contribution is 2.44. The monoisotopic (exact) mass is 437 g/mol. The molecule has 6 nitrogen and oxygen atoms in total. The molecule has 0 unspecified atom stereocenters. The van der Waals surface area contributed by atoms with Crippen molar-refractivity contribution in [2.24, 2.45) is 5.73 Å². The molecule has 1 aliphatic heterocycles. The highest BCUT2D eigenvalue weighted by molar-refractivity contribution is 8.03. The summed E-state index contributed by atoms with van der Waals surface area (Å²) in [5.74, 6) is -2.89. The predicted molar refractivity (Wildman–Crippen MR) is 117 cm³/mol. The van der Waals surface area contributed by atoms with E-state index in [4.69, 9.17) is 10.5 Å². The first-order valence-corrected chi connectivity index (χ1v) is 10.5. The van der Waals surface area contributed by atoms with Gasteiger partial charge in [-0.3, -0.25) is 4.79 Å². The van der Waals surface area contributed by atoms with Crippen molar-refractivity contribution in [3.63, 3.8) is 0 Å². The molecule has 1 atom stereocenters. The van der Waals surface area contributed by atoms with Crippen LogP contribution in [0.3, 0.4) is 0 Å². The van der Waals surface area contributed by atoms with Gasteiger partial charge in [0.1, 0.15) is 5.82 Å². The number of nitrogens with zero attached hydrogens (tertiary/aromatic N) is 1. The predicted octanol–water partition coefficient (Wildman–Crippen LogP) is 3.44. The van der Waals surface area contributed by atoms with Gasteiger partial charge in [-0.1, -0.05) is 60.3 Å². The third-order valence-electron chi connectivity index (χ3n) is 4.58. The van der Waals surface area contributed by atoms with Gasteiger partial charge in [-0.05, 0) is 18.6 Å². The van der Waals surface area contributed by atoms with Crippen LogP contribution in [0.4, 0.5) is 4.39 Å². The Morgan fingerprint density at radius 3 is 2.48 bits per heavy atom. The number of nitrogens with two attached hydrogens (primary N) is 1. The second-order valence-electron chi connectivity index (χ2n) is 6.56. The summed E-state index contributed by atoms with van der Waals surface area (Å²) in [6.07, 6.45) is 0. The number of ether oxygens (including phenoxy) is 1. The molecular weight excluding hydrogens is 417 g/mol. The zero-order valence-electron chi connectivity index (χ0n) is 16.7. The van der Waals surface area contributed by atoms with E-state index in [2.05, 4.69) is 11.4 Å². The first-order valence-electron chi connectivity index (χ1n) is 9.51. The molecule has 0 bridgehead atoms. The first-order chi connectivity index (χ1) is 15.0. The van der Waals surface area contributed by atoms with Crippen molar-refractivity contribution in [3.8, 4) is 6.07 Å². The number of primary amides is 1. The molecule has 0 aliphatic carbocycles. The average Bonchev–Trinajstić information content (AvgIpc) is 2.77. The van der Waals surface area contributed by atoms with Crippen LogP contribution < -0.4 is 11.1 Å². The first kappa shape index (κ1) is 22.1. The third kappa shape index (κ3) is 4.78. The maximum atomic E-state index is 14.9. The lowest BCUT2D eigenvalue weighted by Crippen LogP contribution is -2.30. The number of benzene rings is 2. The molecule has 8 heteroatoms. The minimum Gasteiger partial charge on any atom is -0.463 e. The summed E-state index contributed by atoms with van der Waals surface area (Å²) in [4.78, 5) is 24.4. The average molecular weight is 437 g/mol. The van der Waals surface area contributed by atoms with Gasteiger partial charge in [-0.25, -0.2) is 9.18 Å². The zero-order valence-corrected chi connectivity index (χ0v) is 17.5. The van der Waals surface area contributed by atoms with E-state index < -0.39 is 23.6 Å². The number of halogens is 1. The van der Waals surface area contributed by atoms with Crippen molar-refractivity contribution in [1.82, 2.24) is 5.32 Å². The quantitative estimate of drug-likeness (QED) is 0.643. The number of carbonyl (C=O) groups is 2. The van der Waals surface area contributed by atoms with Crippen LogP contribution in [0.5, 0.6) is 0 Å². The summed E-state index contributed by atoms with van der Waals surface area (Å²) in [5.41, 5.74) is 6.72. The van der Waals surface area contributed by atoms with E-state index in [1.165, 1.54) is 18.2 Å². The molecule has 3 rings (SSSR count). The number of dihydropyridines is 1. The van der Waals surface area contributed by atoms with Crippen molar-refractivity contribution in [3.05, 3.63) is 87.7 Å². The fourth-order valence-corrected chi connectivity index (χ4v) is 4.10. The van der Waals surface area contributed by atoms with E-state index in [9.17, 15) is 19.2 Å². The molecule has 158 valence electrons. The van der Waals surface area contributed by atoms with Gasteiger partial charge in [0.05, 0.1) is 46.2 Å². The van der Waals surface area contributed by atoms with Gasteiger partial charge in [0.25, 0.3) is 0 Å². The van der Waals surface area contributed by atoms with E-state index in [0.717, 1.165) is 11.8 Å². The Kier molecular flexibility index (Phi) is 7.11. The summed E-state index contributed by atoms with van der Waals surface area (Å²) in [6.45, 7) is 1.79. The van der Waals surface area contributed by atoms with Crippen molar-refractivity contribution >= 4 is 29.3 Å². The number of nitriles is 1. The van der Waals surface area contributed by atoms with Gasteiger partial charge in [0.2, 0.25) is 5.91 Å². The van der Waals surface area contributed by atoms with Gasteiger partial charge >= 0.3 is 5.97 Å². The number of nitrogens with one attached hydrogen (secondary N) is 1. The summed E-state index contributed by atoms with van der Waals surface area (Å²) in [5, 5.41) is 13.4. The van der Waals surface area contributed by atoms with Crippen LogP contribution in [0.15, 0.2) is 70.8 Å². The highest BCUT2D eigenvalue weighted by Gasteiger charge is 2.38. The SMILES string of the molecule is CCOC(=O)C1=C(c2ccccc2)NC(SCC(N)=O)=C(C#N)[C@H]1c1ccccc1F. The number of hydrogen-bond acceptors (Lipinski definition) is 6. The van der Waals surface area contributed by atoms with Gasteiger partial charge in [0, 0.05) is 5.56 Å². The van der Waals surface area contributed by atoms with Gasteiger partial charge < -0.3 is 15.8 Å². The van der Waals surface area contributed by atoms with Crippen molar-refractivity contribution in [2.45, 2.75) is 12.8 Å². The van der Waals surface area contributed by atoms with Gasteiger partial charge in [-0.2, -0.15) is 5.26 Å². The molecule has 1 heterocycles. The number of carbonyl (C=O) groups excluding carboxylic acids is 2. The Balaban J connectivity index is 2.30. The second-order valence-corrected chi connectivity index (χ2v) is 7.55. The molecule has 0 spiro atoms. The van der Waals surface area contributed by atoms with E-state index >= 15 is 0 Å². The Morgan fingerprint density at radius 1 is 1.19 bits per heavy atom. The van der Waals surface area contributed by atoms with Crippen LogP contribution >= 0.6 is 11.8 Å². The van der Waals surface area contributed by atoms with Crippen LogP contribution in [-0.2, 0) is 14.3 Å². The molecular formula is C23H20FN3O3S. The van der Waals surface area contributed by atoms with Crippen molar-refractivity contribution < 1.29 is 18.7 Å². The van der Waals surface area contributed by atoms with Crippen LogP contribution in [0, 0.1) is 17.1 Å². The van der Waals surface area contributed by atoms with E-state index in [0.29, 0.717) is 16.3 Å². The Morgan fingerprint density at radius 2 is 1.87 bits per heavy atom. The summed E-state index contributed by atoms with van der Waals surface area (Å²) in [7, 11) is 0.